The highest BCUT2D eigenvalue weighted by molar-refractivity contribution is 5.85. The average Bonchev–Trinajstić information content (AvgIpc) is 2.36. The molecule has 2 heteroatoms. The van der Waals surface area contributed by atoms with Crippen molar-refractivity contribution in [3.8, 4) is 0 Å². The fraction of sp³-hybridized carbons (Fsp3) is 0.375. The Bertz CT molecular complexity index is 497. The highest BCUT2D eigenvalue weighted by Gasteiger charge is 2.32. The van der Waals surface area contributed by atoms with Crippen molar-refractivity contribution in [1.29, 1.82) is 0 Å². The fourth-order valence-corrected chi connectivity index (χ4v) is 2.25. The quantitative estimate of drug-likeness (QED) is 0.746. The van der Waals surface area contributed by atoms with Gasteiger partial charge >= 0.3 is 5.91 Å². The summed E-state index contributed by atoms with van der Waals surface area (Å²) in [7, 11) is 0. The Balaban J connectivity index is 2.22. The minimum Gasteiger partial charge on any atom is -0.219 e. The monoisotopic (exact) mass is 242 g/mol. The lowest BCUT2D eigenvalue weighted by molar-refractivity contribution is -0.479. The molecule has 0 aromatic heterocycles. The lowest BCUT2D eigenvalue weighted by atomic mass is 9.91. The first-order valence-corrected chi connectivity index (χ1v) is 6.49. The summed E-state index contributed by atoms with van der Waals surface area (Å²) < 4.78 is 1.82. The Hall–Kier alpha value is -1.70. The maximum Gasteiger partial charge on any atom is 0.393 e. The molecule has 1 amide bonds. The van der Waals surface area contributed by atoms with Crippen LogP contribution >= 0.6 is 0 Å². The highest BCUT2D eigenvalue weighted by Crippen LogP contribution is 2.20. The van der Waals surface area contributed by atoms with E-state index < -0.39 is 0 Å². The topological polar surface area (TPSA) is 20.1 Å². The third kappa shape index (κ3) is 2.58. The zero-order valence-corrected chi connectivity index (χ0v) is 11.3. The summed E-state index contributed by atoms with van der Waals surface area (Å²) in [5.41, 5.74) is 2.46. The predicted molar refractivity (Wildman–Crippen MR) is 73.9 cm³/mol. The lowest BCUT2D eigenvalue weighted by Crippen LogP contribution is -2.36. The zero-order chi connectivity index (χ0) is 13.1. The molecule has 0 fully saturated rings. The summed E-state index contributed by atoms with van der Waals surface area (Å²) in [4.78, 5) is 12.2. The first kappa shape index (κ1) is 12.7. The standard InChI is InChI=1S/C16H20NO/c1-12(2)17-10-9-15(13(3)16(17)18)11-14-7-5-4-6-8-14/h4-10,12-13H,11H2,1-3H3/q+1. The van der Waals surface area contributed by atoms with Gasteiger partial charge in [-0.05, 0) is 38.3 Å². The van der Waals surface area contributed by atoms with E-state index in [1.165, 1.54) is 11.1 Å². The van der Waals surface area contributed by atoms with Crippen LogP contribution in [0.15, 0.2) is 42.0 Å². The number of rotatable bonds is 3. The van der Waals surface area contributed by atoms with Gasteiger partial charge in [-0.3, -0.25) is 0 Å². The predicted octanol–water partition coefficient (Wildman–Crippen LogP) is 2.82. The Labute approximate surface area is 109 Å². The molecule has 0 saturated heterocycles. The van der Waals surface area contributed by atoms with Crippen LogP contribution in [-0.4, -0.2) is 22.7 Å². The van der Waals surface area contributed by atoms with Crippen LogP contribution in [0.3, 0.4) is 0 Å². The van der Waals surface area contributed by atoms with Crippen molar-refractivity contribution < 1.29 is 9.37 Å². The second-order valence-corrected chi connectivity index (χ2v) is 5.11. The van der Waals surface area contributed by atoms with Gasteiger partial charge in [0, 0.05) is 6.08 Å². The molecule has 1 aliphatic rings. The maximum atomic E-state index is 12.2. The summed E-state index contributed by atoms with van der Waals surface area (Å²) in [5, 5.41) is 0. The Morgan fingerprint density at radius 1 is 1.22 bits per heavy atom. The van der Waals surface area contributed by atoms with Crippen LogP contribution in [0, 0.1) is 5.92 Å². The Morgan fingerprint density at radius 3 is 2.50 bits per heavy atom. The number of allylic oxidation sites excluding steroid dienone is 1. The van der Waals surface area contributed by atoms with E-state index in [1.54, 1.807) is 0 Å². The van der Waals surface area contributed by atoms with Gasteiger partial charge in [-0.25, -0.2) is 4.79 Å². The molecule has 0 N–H and O–H groups in total. The number of carbonyl (C=O) groups is 1. The second kappa shape index (κ2) is 5.30. The molecule has 1 heterocycles. The minimum atomic E-state index is -0.0161. The molecule has 2 rings (SSSR count). The molecule has 0 aliphatic carbocycles. The number of hydrogen-bond donors (Lipinski definition) is 0. The number of nitrogens with zero attached hydrogens (tertiary/aromatic N) is 1. The second-order valence-electron chi connectivity index (χ2n) is 5.11. The van der Waals surface area contributed by atoms with Gasteiger partial charge in [0.1, 0.15) is 5.92 Å². The summed E-state index contributed by atoms with van der Waals surface area (Å²) >= 11 is 0. The average molecular weight is 242 g/mol. The van der Waals surface area contributed by atoms with Crippen molar-refractivity contribution in [3.63, 3.8) is 0 Å². The molecule has 0 saturated carbocycles. The minimum absolute atomic E-state index is 0.0161. The van der Waals surface area contributed by atoms with Gasteiger partial charge in [0.05, 0.1) is 0 Å². The largest absolute Gasteiger partial charge is 0.393 e. The molecule has 1 aromatic rings. The van der Waals surface area contributed by atoms with Crippen molar-refractivity contribution >= 4 is 12.1 Å². The molecular weight excluding hydrogens is 222 g/mol. The molecule has 94 valence electrons. The SMILES string of the molecule is CC1C(=O)[N+](C(C)C)=CC=C1Cc1ccccc1. The molecule has 0 bridgehead atoms. The van der Waals surface area contributed by atoms with Gasteiger partial charge in [-0.2, -0.15) is 4.58 Å². The summed E-state index contributed by atoms with van der Waals surface area (Å²) in [5.74, 6) is 0.191. The molecule has 1 aliphatic heterocycles. The van der Waals surface area contributed by atoms with Crippen LogP contribution < -0.4 is 0 Å². The van der Waals surface area contributed by atoms with Gasteiger partial charge < -0.3 is 0 Å². The number of amides is 1. The first-order valence-electron chi connectivity index (χ1n) is 6.49. The van der Waals surface area contributed by atoms with Crippen molar-refractivity contribution in [2.45, 2.75) is 33.2 Å². The van der Waals surface area contributed by atoms with Gasteiger partial charge in [-0.15, -0.1) is 0 Å². The van der Waals surface area contributed by atoms with E-state index >= 15 is 0 Å². The van der Waals surface area contributed by atoms with Crippen LogP contribution in [0.25, 0.3) is 0 Å². The highest BCUT2D eigenvalue weighted by atomic mass is 16.2. The normalized spacial score (nSPS) is 19.8. The molecule has 1 aromatic carbocycles. The van der Waals surface area contributed by atoms with Crippen LogP contribution in [0.1, 0.15) is 26.3 Å². The van der Waals surface area contributed by atoms with Crippen LogP contribution in [0.4, 0.5) is 0 Å². The van der Waals surface area contributed by atoms with Crippen LogP contribution in [-0.2, 0) is 11.2 Å². The third-order valence-electron chi connectivity index (χ3n) is 3.44. The Morgan fingerprint density at radius 2 is 1.89 bits per heavy atom. The Kier molecular flexibility index (Phi) is 3.75. The van der Waals surface area contributed by atoms with E-state index in [4.69, 9.17) is 0 Å². The fourth-order valence-electron chi connectivity index (χ4n) is 2.25. The van der Waals surface area contributed by atoms with E-state index in [0.717, 1.165) is 6.42 Å². The van der Waals surface area contributed by atoms with Gasteiger partial charge in [0.15, 0.2) is 12.3 Å². The number of hydrogen-bond acceptors (Lipinski definition) is 1. The van der Waals surface area contributed by atoms with E-state index in [-0.39, 0.29) is 17.9 Å². The molecule has 0 radical (unpaired) electrons. The summed E-state index contributed by atoms with van der Waals surface area (Å²) in [6.45, 7) is 6.08. The lowest BCUT2D eigenvalue weighted by Gasteiger charge is -2.17. The van der Waals surface area contributed by atoms with Crippen molar-refractivity contribution in [1.82, 2.24) is 0 Å². The first-order chi connectivity index (χ1) is 8.59. The number of benzene rings is 1. The smallest absolute Gasteiger partial charge is 0.219 e. The van der Waals surface area contributed by atoms with Crippen molar-refractivity contribution in [3.05, 3.63) is 47.5 Å². The van der Waals surface area contributed by atoms with Gasteiger partial charge in [-0.1, -0.05) is 30.3 Å². The van der Waals surface area contributed by atoms with E-state index in [9.17, 15) is 4.79 Å². The van der Waals surface area contributed by atoms with Crippen LogP contribution in [0.2, 0.25) is 0 Å². The van der Waals surface area contributed by atoms with Gasteiger partial charge in [0.2, 0.25) is 0 Å². The van der Waals surface area contributed by atoms with E-state index in [0.29, 0.717) is 0 Å². The molecule has 0 spiro atoms. The van der Waals surface area contributed by atoms with Crippen molar-refractivity contribution in [2.24, 2.45) is 5.92 Å². The molecule has 18 heavy (non-hydrogen) atoms. The van der Waals surface area contributed by atoms with Crippen LogP contribution in [0.5, 0.6) is 0 Å². The van der Waals surface area contributed by atoms with E-state index in [2.05, 4.69) is 18.2 Å². The molecule has 1 atom stereocenters. The van der Waals surface area contributed by atoms with Crippen molar-refractivity contribution in [2.75, 3.05) is 0 Å². The van der Waals surface area contributed by atoms with Gasteiger partial charge in [0.25, 0.3) is 0 Å². The summed E-state index contributed by atoms with van der Waals surface area (Å²) in [6.07, 6.45) is 4.88. The third-order valence-corrected chi connectivity index (χ3v) is 3.44. The zero-order valence-electron chi connectivity index (χ0n) is 11.3. The maximum absolute atomic E-state index is 12.2. The number of carbonyl (C=O) groups excluding carboxylic acids is 1. The van der Waals surface area contributed by atoms with E-state index in [1.807, 2.05) is 49.8 Å². The molecule has 2 nitrogen and oxygen atoms in total. The molecule has 1 unspecified atom stereocenters. The molecular formula is C16H20NO+. The summed E-state index contributed by atoms with van der Waals surface area (Å²) in [6, 6.07) is 10.5.